The lowest BCUT2D eigenvalue weighted by molar-refractivity contribution is 0.414. The molecule has 0 unspecified atom stereocenters. The van der Waals surface area contributed by atoms with Crippen LogP contribution in [-0.4, -0.2) is 20.5 Å². The monoisotopic (exact) mass is 391 g/mol. The van der Waals surface area contributed by atoms with Gasteiger partial charge in [-0.2, -0.15) is 0 Å². The Morgan fingerprint density at radius 3 is 2.33 bits per heavy atom. The molecule has 3 rings (SSSR count). The second-order valence-corrected chi connectivity index (χ2v) is 7.14. The van der Waals surface area contributed by atoms with E-state index < -0.39 is 21.7 Å². The Bertz CT molecular complexity index is 1040. The number of aromatic nitrogens is 1. The molecule has 2 aromatic carbocycles. The summed E-state index contributed by atoms with van der Waals surface area (Å²) in [5.41, 5.74) is 0.484. The Hall–Kier alpha value is -3.20. The highest BCUT2D eigenvalue weighted by molar-refractivity contribution is 7.92. The summed E-state index contributed by atoms with van der Waals surface area (Å²) < 4.78 is 58.7. The number of sulfonamides is 1. The number of halogens is 2. The first-order valence-electron chi connectivity index (χ1n) is 7.72. The second-order valence-electron chi connectivity index (χ2n) is 5.46. The Kier molecular flexibility index (Phi) is 5.22. The summed E-state index contributed by atoms with van der Waals surface area (Å²) >= 11 is 0. The highest BCUT2D eigenvalue weighted by Crippen LogP contribution is 2.22. The van der Waals surface area contributed by atoms with Crippen LogP contribution >= 0.6 is 0 Å². The molecule has 6 nitrogen and oxygen atoms in total. The second kappa shape index (κ2) is 7.58. The molecule has 0 amide bonds. The van der Waals surface area contributed by atoms with Gasteiger partial charge in [-0.25, -0.2) is 22.2 Å². The van der Waals surface area contributed by atoms with Crippen LogP contribution in [0.15, 0.2) is 65.7 Å². The van der Waals surface area contributed by atoms with Crippen LogP contribution in [-0.2, 0) is 10.0 Å². The van der Waals surface area contributed by atoms with Crippen molar-refractivity contribution >= 4 is 27.2 Å². The Morgan fingerprint density at radius 2 is 1.74 bits per heavy atom. The van der Waals surface area contributed by atoms with Crippen LogP contribution in [0.5, 0.6) is 5.75 Å². The molecule has 0 saturated heterocycles. The first-order valence-corrected chi connectivity index (χ1v) is 9.21. The van der Waals surface area contributed by atoms with E-state index in [1.165, 1.54) is 55.8 Å². The summed E-state index contributed by atoms with van der Waals surface area (Å²) in [6, 6.07) is 12.0. The van der Waals surface area contributed by atoms with E-state index >= 15 is 0 Å². The minimum absolute atomic E-state index is 0.0562. The van der Waals surface area contributed by atoms with Crippen molar-refractivity contribution < 1.29 is 21.9 Å². The van der Waals surface area contributed by atoms with Crippen LogP contribution in [0.4, 0.5) is 26.0 Å². The van der Waals surface area contributed by atoms with Gasteiger partial charge in [-0.1, -0.05) is 0 Å². The van der Waals surface area contributed by atoms with Gasteiger partial charge in [0, 0.05) is 6.07 Å². The number of methoxy groups -OCH3 is 1. The van der Waals surface area contributed by atoms with Crippen molar-refractivity contribution in [2.45, 2.75) is 4.90 Å². The summed E-state index contributed by atoms with van der Waals surface area (Å²) in [7, 11) is -2.33. The number of nitrogens with zero attached hydrogens (tertiary/aromatic N) is 1. The largest absolute Gasteiger partial charge is 0.497 e. The number of pyridine rings is 1. The van der Waals surface area contributed by atoms with Crippen molar-refractivity contribution in [1.29, 1.82) is 0 Å². The average Bonchev–Trinajstić information content (AvgIpc) is 2.65. The van der Waals surface area contributed by atoms with Crippen LogP contribution in [0.1, 0.15) is 0 Å². The number of hydrogen-bond donors (Lipinski definition) is 2. The molecule has 2 N–H and O–H groups in total. The van der Waals surface area contributed by atoms with Crippen LogP contribution < -0.4 is 14.8 Å². The zero-order chi connectivity index (χ0) is 19.4. The Labute approximate surface area is 154 Å². The van der Waals surface area contributed by atoms with Gasteiger partial charge in [0.05, 0.1) is 29.6 Å². The zero-order valence-electron chi connectivity index (χ0n) is 14.1. The number of anilines is 3. The van der Waals surface area contributed by atoms with Crippen LogP contribution in [0.25, 0.3) is 0 Å². The average molecular weight is 391 g/mol. The molecule has 0 bridgehead atoms. The number of benzene rings is 2. The third kappa shape index (κ3) is 4.50. The molecule has 0 fully saturated rings. The summed E-state index contributed by atoms with van der Waals surface area (Å²) in [5, 5.41) is 2.74. The van der Waals surface area contributed by atoms with Gasteiger partial charge < -0.3 is 10.1 Å². The fraction of sp³-hybridized carbons (Fsp3) is 0.0556. The molecule has 0 spiro atoms. The first-order chi connectivity index (χ1) is 12.9. The standard InChI is InChI=1S/C18H15F2N3O3S/c1-26-14-4-6-15(7-5-14)27(24,25)23-18-9-3-13(11-21-18)22-17-8-2-12(19)10-16(17)20/h2-11,22H,1H3,(H,21,23). The quantitative estimate of drug-likeness (QED) is 0.666. The van der Waals surface area contributed by atoms with E-state index in [1.807, 2.05) is 0 Å². The molecule has 0 saturated carbocycles. The minimum Gasteiger partial charge on any atom is -0.497 e. The Balaban J connectivity index is 1.72. The maximum Gasteiger partial charge on any atom is 0.263 e. The van der Waals surface area contributed by atoms with Crippen molar-refractivity contribution in [3.63, 3.8) is 0 Å². The number of rotatable bonds is 6. The molecule has 1 heterocycles. The number of hydrogen-bond acceptors (Lipinski definition) is 5. The van der Waals surface area contributed by atoms with E-state index in [4.69, 9.17) is 4.74 Å². The first kappa shape index (κ1) is 18.6. The van der Waals surface area contributed by atoms with Crippen molar-refractivity contribution in [2.75, 3.05) is 17.1 Å². The molecule has 0 atom stereocenters. The molecule has 1 aromatic heterocycles. The Morgan fingerprint density at radius 1 is 1.00 bits per heavy atom. The normalized spacial score (nSPS) is 11.1. The molecule has 0 aliphatic carbocycles. The van der Waals surface area contributed by atoms with Crippen LogP contribution in [0.3, 0.4) is 0 Å². The topological polar surface area (TPSA) is 80.3 Å². The molecule has 0 radical (unpaired) electrons. The molecule has 27 heavy (non-hydrogen) atoms. The predicted octanol–water partition coefficient (Wildman–Crippen LogP) is 3.91. The van der Waals surface area contributed by atoms with Crippen LogP contribution in [0, 0.1) is 11.6 Å². The molecule has 0 aliphatic heterocycles. The maximum absolute atomic E-state index is 13.7. The van der Waals surface area contributed by atoms with E-state index in [0.29, 0.717) is 11.4 Å². The minimum atomic E-state index is -3.81. The predicted molar refractivity (Wildman–Crippen MR) is 97.7 cm³/mol. The molecule has 3 aromatic rings. The van der Waals surface area contributed by atoms with Crippen molar-refractivity contribution in [2.24, 2.45) is 0 Å². The van der Waals surface area contributed by atoms with Crippen molar-refractivity contribution in [3.05, 3.63) is 72.4 Å². The van der Waals surface area contributed by atoms with E-state index in [1.54, 1.807) is 0 Å². The van der Waals surface area contributed by atoms with Gasteiger partial charge in [0.1, 0.15) is 23.2 Å². The molecular formula is C18H15F2N3O3S. The van der Waals surface area contributed by atoms with Gasteiger partial charge in [0.25, 0.3) is 10.0 Å². The highest BCUT2D eigenvalue weighted by Gasteiger charge is 2.15. The van der Waals surface area contributed by atoms with Gasteiger partial charge in [0.2, 0.25) is 0 Å². The van der Waals surface area contributed by atoms with E-state index in [9.17, 15) is 17.2 Å². The van der Waals surface area contributed by atoms with Crippen molar-refractivity contribution in [3.8, 4) is 5.75 Å². The lowest BCUT2D eigenvalue weighted by Crippen LogP contribution is -2.13. The van der Waals surface area contributed by atoms with E-state index in [2.05, 4.69) is 15.0 Å². The van der Waals surface area contributed by atoms with Crippen molar-refractivity contribution in [1.82, 2.24) is 4.98 Å². The zero-order valence-corrected chi connectivity index (χ0v) is 14.9. The van der Waals surface area contributed by atoms with Gasteiger partial charge in [0.15, 0.2) is 0 Å². The summed E-state index contributed by atoms with van der Waals surface area (Å²) in [4.78, 5) is 4.05. The van der Waals surface area contributed by atoms with Crippen LogP contribution in [0.2, 0.25) is 0 Å². The number of nitrogens with one attached hydrogen (secondary N) is 2. The fourth-order valence-corrected chi connectivity index (χ4v) is 3.23. The van der Waals surface area contributed by atoms with Gasteiger partial charge in [-0.15, -0.1) is 0 Å². The number of ether oxygens (including phenoxy) is 1. The SMILES string of the molecule is COc1ccc(S(=O)(=O)Nc2ccc(Nc3ccc(F)cc3F)cn2)cc1. The lowest BCUT2D eigenvalue weighted by Gasteiger charge is -2.10. The molecular weight excluding hydrogens is 376 g/mol. The summed E-state index contributed by atoms with van der Waals surface area (Å²) in [6.07, 6.45) is 1.33. The highest BCUT2D eigenvalue weighted by atomic mass is 32.2. The third-order valence-electron chi connectivity index (χ3n) is 3.58. The van der Waals surface area contributed by atoms with Gasteiger partial charge in [-0.05, 0) is 48.5 Å². The van der Waals surface area contributed by atoms with E-state index in [0.717, 1.165) is 12.1 Å². The van der Waals surface area contributed by atoms with Gasteiger partial charge in [-0.3, -0.25) is 4.72 Å². The van der Waals surface area contributed by atoms with E-state index in [-0.39, 0.29) is 16.4 Å². The summed E-state index contributed by atoms with van der Waals surface area (Å²) in [6.45, 7) is 0. The summed E-state index contributed by atoms with van der Waals surface area (Å²) in [5.74, 6) is -0.801. The molecule has 0 aliphatic rings. The smallest absolute Gasteiger partial charge is 0.263 e. The fourth-order valence-electron chi connectivity index (χ4n) is 2.23. The molecule has 140 valence electrons. The lowest BCUT2D eigenvalue weighted by atomic mass is 10.3. The maximum atomic E-state index is 13.7. The molecule has 9 heteroatoms. The third-order valence-corrected chi connectivity index (χ3v) is 4.95. The van der Waals surface area contributed by atoms with Gasteiger partial charge >= 0.3 is 0 Å².